The molecule has 1 rings (SSSR count). The summed E-state index contributed by atoms with van der Waals surface area (Å²) in [7, 11) is 0. The highest BCUT2D eigenvalue weighted by atomic mass is 16.4. The lowest BCUT2D eigenvalue weighted by atomic mass is 10.3. The van der Waals surface area contributed by atoms with Gasteiger partial charge in [-0.1, -0.05) is 0 Å². The van der Waals surface area contributed by atoms with Crippen molar-refractivity contribution in [3.8, 4) is 0 Å². The monoisotopic (exact) mass is 124 g/mol. The fourth-order valence-electron chi connectivity index (χ4n) is 0.571. The van der Waals surface area contributed by atoms with Crippen molar-refractivity contribution in [3.05, 3.63) is 33.9 Å². The lowest BCUT2D eigenvalue weighted by Crippen LogP contribution is -2.01. The third kappa shape index (κ3) is 1.19. The van der Waals surface area contributed by atoms with Gasteiger partial charge in [-0.3, -0.25) is 0 Å². The highest BCUT2D eigenvalue weighted by molar-refractivity contribution is 5.07. The molecule has 0 radical (unpaired) electrons. The zero-order valence-electron chi connectivity index (χ0n) is 5.47. The summed E-state index contributed by atoms with van der Waals surface area (Å²) in [4.78, 5) is 10.7. The van der Waals surface area contributed by atoms with Crippen LogP contribution in [0.1, 0.15) is 11.3 Å². The second-order valence-corrected chi connectivity index (χ2v) is 2.02. The Balaban J connectivity index is 3.34. The van der Waals surface area contributed by atoms with Crippen LogP contribution in [0.5, 0.6) is 0 Å². The molecule has 0 bridgehead atoms. The summed E-state index contributed by atoms with van der Waals surface area (Å²) in [6.45, 7) is 3.48. The third-order valence-electron chi connectivity index (χ3n) is 1.14. The maximum atomic E-state index is 10.7. The summed E-state index contributed by atoms with van der Waals surface area (Å²) in [5, 5.41) is 0. The molecule has 48 valence electrons. The van der Waals surface area contributed by atoms with Gasteiger partial charge in [0, 0.05) is 5.56 Å². The van der Waals surface area contributed by atoms with Crippen molar-refractivity contribution in [2.24, 2.45) is 0 Å². The van der Waals surface area contributed by atoms with Crippen molar-refractivity contribution >= 4 is 0 Å². The van der Waals surface area contributed by atoms with E-state index in [0.29, 0.717) is 11.3 Å². The maximum Gasteiger partial charge on any atom is 0.338 e. The van der Waals surface area contributed by atoms with Gasteiger partial charge in [0.1, 0.15) is 5.76 Å². The first-order chi connectivity index (χ1) is 4.20. The molecule has 2 nitrogen and oxygen atoms in total. The number of hydrogen-bond acceptors (Lipinski definition) is 2. The number of hydrogen-bond donors (Lipinski definition) is 0. The molecular weight excluding hydrogens is 116 g/mol. The summed E-state index contributed by atoms with van der Waals surface area (Å²) in [6, 6.07) is 3.53. The molecule has 0 N–H and O–H groups in total. The zero-order chi connectivity index (χ0) is 6.85. The molecule has 0 saturated carbocycles. The van der Waals surface area contributed by atoms with Gasteiger partial charge in [0.25, 0.3) is 0 Å². The second kappa shape index (κ2) is 2.05. The summed E-state index contributed by atoms with van der Waals surface area (Å²) < 4.78 is 4.75. The van der Waals surface area contributed by atoms with Crippen molar-refractivity contribution < 1.29 is 4.42 Å². The van der Waals surface area contributed by atoms with Gasteiger partial charge in [0.15, 0.2) is 0 Å². The van der Waals surface area contributed by atoms with E-state index >= 15 is 0 Å². The minimum absolute atomic E-state index is 0.241. The van der Waals surface area contributed by atoms with Crippen LogP contribution in [0.3, 0.4) is 0 Å². The van der Waals surface area contributed by atoms with Crippen LogP contribution < -0.4 is 5.63 Å². The minimum Gasteiger partial charge on any atom is -0.428 e. The van der Waals surface area contributed by atoms with Gasteiger partial charge in [0.05, 0.1) is 0 Å². The maximum absolute atomic E-state index is 10.7. The first-order valence-corrected chi connectivity index (χ1v) is 2.77. The van der Waals surface area contributed by atoms with E-state index in [9.17, 15) is 4.79 Å². The molecule has 2 heteroatoms. The lowest BCUT2D eigenvalue weighted by molar-refractivity contribution is 0.475. The van der Waals surface area contributed by atoms with Crippen LogP contribution in [0, 0.1) is 13.8 Å². The van der Waals surface area contributed by atoms with Crippen molar-refractivity contribution in [2.45, 2.75) is 13.8 Å². The van der Waals surface area contributed by atoms with Gasteiger partial charge >= 0.3 is 5.63 Å². The first kappa shape index (κ1) is 6.08. The molecule has 0 fully saturated rings. The Bertz CT molecular complexity index is 260. The highest BCUT2D eigenvalue weighted by Gasteiger charge is 1.91. The molecular formula is C7H8O2. The van der Waals surface area contributed by atoms with E-state index in [1.807, 2.05) is 0 Å². The number of aryl methyl sites for hydroxylation is 2. The van der Waals surface area contributed by atoms with Crippen LogP contribution in [0.25, 0.3) is 0 Å². The molecule has 0 spiro atoms. The standard InChI is InChI=1S/C7H8O2/c1-5-3-4-6(2)9-7(5)8/h3-4H,1-2H3. The van der Waals surface area contributed by atoms with Gasteiger partial charge < -0.3 is 4.42 Å². The molecule has 1 aromatic rings. The fraction of sp³-hybridized carbons (Fsp3) is 0.286. The molecule has 9 heavy (non-hydrogen) atoms. The Morgan fingerprint density at radius 1 is 1.33 bits per heavy atom. The second-order valence-electron chi connectivity index (χ2n) is 2.02. The van der Waals surface area contributed by atoms with Crippen molar-refractivity contribution in [2.75, 3.05) is 0 Å². The summed E-state index contributed by atoms with van der Waals surface area (Å²) in [5.41, 5.74) is 0.413. The number of rotatable bonds is 0. The Kier molecular flexibility index (Phi) is 1.39. The van der Waals surface area contributed by atoms with Gasteiger partial charge in [-0.05, 0) is 26.0 Å². The predicted molar refractivity (Wildman–Crippen MR) is 34.5 cm³/mol. The van der Waals surface area contributed by atoms with Crippen LogP contribution >= 0.6 is 0 Å². The zero-order valence-corrected chi connectivity index (χ0v) is 5.47. The van der Waals surface area contributed by atoms with Gasteiger partial charge in [-0.15, -0.1) is 0 Å². The topological polar surface area (TPSA) is 30.2 Å². The average Bonchev–Trinajstić information content (AvgIpc) is 1.80. The Morgan fingerprint density at radius 2 is 2.00 bits per heavy atom. The lowest BCUT2D eigenvalue weighted by Gasteiger charge is -1.89. The van der Waals surface area contributed by atoms with E-state index in [4.69, 9.17) is 4.42 Å². The van der Waals surface area contributed by atoms with Crippen LogP contribution in [0.4, 0.5) is 0 Å². The van der Waals surface area contributed by atoms with Crippen molar-refractivity contribution in [1.29, 1.82) is 0 Å². The molecule has 1 aromatic heterocycles. The van der Waals surface area contributed by atoms with Crippen LogP contribution in [-0.2, 0) is 0 Å². The van der Waals surface area contributed by atoms with Crippen molar-refractivity contribution in [1.82, 2.24) is 0 Å². The Labute approximate surface area is 53.1 Å². The molecule has 0 aliphatic heterocycles. The molecule has 1 heterocycles. The van der Waals surface area contributed by atoms with E-state index in [-0.39, 0.29) is 5.63 Å². The van der Waals surface area contributed by atoms with Gasteiger partial charge in [0.2, 0.25) is 0 Å². The molecule has 0 aliphatic carbocycles. The normalized spacial score (nSPS) is 9.56. The summed E-state index contributed by atoms with van der Waals surface area (Å²) >= 11 is 0. The molecule has 0 unspecified atom stereocenters. The fourth-order valence-corrected chi connectivity index (χ4v) is 0.571. The van der Waals surface area contributed by atoms with Crippen LogP contribution in [-0.4, -0.2) is 0 Å². The van der Waals surface area contributed by atoms with E-state index < -0.39 is 0 Å². The molecule has 0 amide bonds. The average molecular weight is 124 g/mol. The van der Waals surface area contributed by atoms with Crippen LogP contribution in [0.15, 0.2) is 21.3 Å². The SMILES string of the molecule is Cc1ccc(C)c(=O)o1. The summed E-state index contributed by atoms with van der Waals surface area (Å²) in [6.07, 6.45) is 0. The molecule has 0 aromatic carbocycles. The van der Waals surface area contributed by atoms with Gasteiger partial charge in [-0.25, -0.2) is 4.79 Å². The van der Waals surface area contributed by atoms with Crippen molar-refractivity contribution in [3.63, 3.8) is 0 Å². The van der Waals surface area contributed by atoms with Crippen LogP contribution in [0.2, 0.25) is 0 Å². The molecule has 0 atom stereocenters. The van der Waals surface area contributed by atoms with E-state index in [1.165, 1.54) is 0 Å². The van der Waals surface area contributed by atoms with E-state index in [1.54, 1.807) is 26.0 Å². The Morgan fingerprint density at radius 3 is 2.44 bits per heavy atom. The molecule has 0 aliphatic rings. The van der Waals surface area contributed by atoms with E-state index in [2.05, 4.69) is 0 Å². The highest BCUT2D eigenvalue weighted by Crippen LogP contribution is 1.93. The summed E-state index contributed by atoms with van der Waals surface area (Å²) in [5.74, 6) is 0.658. The van der Waals surface area contributed by atoms with Gasteiger partial charge in [-0.2, -0.15) is 0 Å². The predicted octanol–water partition coefficient (Wildman–Crippen LogP) is 1.26. The van der Waals surface area contributed by atoms with E-state index in [0.717, 1.165) is 0 Å². The smallest absolute Gasteiger partial charge is 0.338 e. The molecule has 0 saturated heterocycles. The quantitative estimate of drug-likeness (QED) is 0.521. The Hall–Kier alpha value is -1.05. The largest absolute Gasteiger partial charge is 0.428 e. The third-order valence-corrected chi connectivity index (χ3v) is 1.14. The first-order valence-electron chi connectivity index (χ1n) is 2.77. The minimum atomic E-state index is -0.241.